The average Bonchev–Trinajstić information content (AvgIpc) is 3.26. The average molecular weight is 473 g/mol. The van der Waals surface area contributed by atoms with E-state index >= 15 is 0 Å². The Morgan fingerprint density at radius 1 is 1.09 bits per heavy atom. The highest BCUT2D eigenvalue weighted by molar-refractivity contribution is 5.78. The Balaban J connectivity index is 1.28. The third-order valence-electron chi connectivity index (χ3n) is 4.94. The summed E-state index contributed by atoms with van der Waals surface area (Å²) in [6.45, 7) is 2.89. The van der Waals surface area contributed by atoms with Gasteiger partial charge >= 0.3 is 12.7 Å². The number of hydrogen-bond acceptors (Lipinski definition) is 7. The molecule has 2 atom stereocenters. The number of amides is 1. The molecule has 1 heterocycles. The van der Waals surface area contributed by atoms with Crippen molar-refractivity contribution in [3.05, 3.63) is 24.1 Å². The molecule has 1 aromatic rings. The molecule has 0 aromatic carbocycles. The molecule has 1 N–H and O–H groups in total. The number of rotatable bonds is 11. The molecule has 2 aliphatic carbocycles. The van der Waals surface area contributed by atoms with Crippen LogP contribution >= 0.6 is 0 Å². The van der Waals surface area contributed by atoms with Gasteiger partial charge in [0.1, 0.15) is 6.61 Å². The number of nitrogens with zero attached hydrogens (tertiary/aromatic N) is 2. The first-order valence-electron chi connectivity index (χ1n) is 9.74. The molecule has 0 aliphatic heterocycles. The zero-order chi connectivity index (χ0) is 23.5. The van der Waals surface area contributed by atoms with E-state index in [-0.39, 0.29) is 55.9 Å². The van der Waals surface area contributed by atoms with Gasteiger partial charge in [0, 0.05) is 30.9 Å². The smallest absolute Gasteiger partial charge is 0.425 e. The molecular formula is C18H21F6N3O5. The summed E-state index contributed by atoms with van der Waals surface area (Å²) in [4.78, 5) is 11.8. The van der Waals surface area contributed by atoms with Crippen molar-refractivity contribution in [3.8, 4) is 0 Å². The molecule has 1 amide bonds. The van der Waals surface area contributed by atoms with Crippen LogP contribution < -0.4 is 5.32 Å². The van der Waals surface area contributed by atoms with Crippen molar-refractivity contribution >= 4 is 5.91 Å². The number of carbonyl (C=O) groups excluding carboxylic acids is 1. The Labute approximate surface area is 178 Å². The van der Waals surface area contributed by atoms with E-state index in [0.717, 1.165) is 0 Å². The third-order valence-corrected chi connectivity index (χ3v) is 4.94. The van der Waals surface area contributed by atoms with Crippen molar-refractivity contribution in [2.75, 3.05) is 13.2 Å². The molecule has 1 aromatic heterocycles. The Morgan fingerprint density at radius 3 is 2.47 bits per heavy atom. The molecule has 0 spiro atoms. The highest BCUT2D eigenvalue weighted by Crippen LogP contribution is 2.47. The van der Waals surface area contributed by atoms with Crippen molar-refractivity contribution in [1.82, 2.24) is 15.5 Å². The topological polar surface area (TPSA) is 95.7 Å². The minimum Gasteiger partial charge on any atom is -0.425 e. The Morgan fingerprint density at radius 2 is 1.81 bits per heavy atom. The van der Waals surface area contributed by atoms with E-state index in [9.17, 15) is 31.1 Å². The second-order valence-electron chi connectivity index (χ2n) is 7.63. The number of aryl methyl sites for hydroxylation is 1. The summed E-state index contributed by atoms with van der Waals surface area (Å²) in [6, 6.07) is 0. The molecule has 32 heavy (non-hydrogen) atoms. The van der Waals surface area contributed by atoms with Gasteiger partial charge in [0.25, 0.3) is 0 Å². The lowest BCUT2D eigenvalue weighted by atomic mass is 9.92. The Bertz CT molecular complexity index is 806. The molecular weight excluding hydrogens is 452 g/mol. The third kappa shape index (κ3) is 8.06. The summed E-state index contributed by atoms with van der Waals surface area (Å²) < 4.78 is 90.6. The van der Waals surface area contributed by atoms with E-state index in [1.54, 1.807) is 0 Å². The van der Waals surface area contributed by atoms with Gasteiger partial charge < -0.3 is 14.5 Å². The summed E-state index contributed by atoms with van der Waals surface area (Å²) >= 11 is 0. The van der Waals surface area contributed by atoms with Gasteiger partial charge in [0.05, 0.1) is 18.8 Å². The van der Waals surface area contributed by atoms with Crippen LogP contribution in [-0.2, 0) is 25.4 Å². The number of aromatic nitrogens is 2. The van der Waals surface area contributed by atoms with Crippen molar-refractivity contribution in [3.63, 3.8) is 0 Å². The molecule has 2 saturated carbocycles. The molecule has 8 nitrogen and oxygen atoms in total. The van der Waals surface area contributed by atoms with Gasteiger partial charge in [-0.1, -0.05) is 6.58 Å². The fourth-order valence-electron chi connectivity index (χ4n) is 3.14. The molecule has 3 rings (SSSR count). The van der Waals surface area contributed by atoms with Gasteiger partial charge in [0.2, 0.25) is 17.7 Å². The number of ether oxygens (including phenoxy) is 3. The first-order chi connectivity index (χ1) is 14.9. The SMILES string of the molecule is C=C(CCc1nnc([C@H]2C[C@@H]2COC(F)(F)F)o1)NC(=O)COC1CC(OC(F)(F)F)C1. The monoisotopic (exact) mass is 473 g/mol. The normalized spacial score (nSPS) is 25.3. The molecule has 14 heteroatoms. The van der Waals surface area contributed by atoms with E-state index in [4.69, 9.17) is 9.15 Å². The van der Waals surface area contributed by atoms with Gasteiger partial charge in [-0.3, -0.25) is 14.3 Å². The Hall–Kier alpha value is -2.19. The molecule has 0 bridgehead atoms. The number of allylic oxidation sites excluding steroid dienone is 1. The summed E-state index contributed by atoms with van der Waals surface area (Å²) in [5, 5.41) is 10.2. The zero-order valence-electron chi connectivity index (χ0n) is 16.7. The molecule has 0 unspecified atom stereocenters. The largest absolute Gasteiger partial charge is 0.522 e. The summed E-state index contributed by atoms with van der Waals surface area (Å²) in [5.74, 6) is -0.616. The highest BCUT2D eigenvalue weighted by Gasteiger charge is 2.45. The van der Waals surface area contributed by atoms with E-state index in [2.05, 4.69) is 31.6 Å². The predicted molar refractivity (Wildman–Crippen MR) is 92.7 cm³/mol. The highest BCUT2D eigenvalue weighted by atomic mass is 19.4. The zero-order valence-corrected chi connectivity index (χ0v) is 16.7. The van der Waals surface area contributed by atoms with Crippen molar-refractivity contribution in [2.24, 2.45) is 5.92 Å². The Kier molecular flexibility index (Phi) is 7.45. The summed E-state index contributed by atoms with van der Waals surface area (Å²) in [7, 11) is 0. The van der Waals surface area contributed by atoms with E-state index < -0.39 is 37.4 Å². The molecule has 0 saturated heterocycles. The van der Waals surface area contributed by atoms with Gasteiger partial charge in [-0.2, -0.15) is 0 Å². The van der Waals surface area contributed by atoms with Crippen LogP contribution in [0.5, 0.6) is 0 Å². The lowest BCUT2D eigenvalue weighted by Gasteiger charge is -2.34. The number of carbonyl (C=O) groups is 1. The molecule has 2 aliphatic rings. The maximum Gasteiger partial charge on any atom is 0.522 e. The standard InChI is InChI=1S/C18H21F6N3O5/c1-9(25-14(28)8-29-11-5-12(6-11)32-18(22,23)24)2-3-15-26-27-16(31-15)13-4-10(13)7-30-17(19,20)21/h10-13H,1-8H2,(H,25,28)/t10-,11?,12?,13+/m1/s1. The van der Waals surface area contributed by atoms with E-state index in [0.29, 0.717) is 12.1 Å². The van der Waals surface area contributed by atoms with Crippen molar-refractivity contribution in [2.45, 2.75) is 63.0 Å². The van der Waals surface area contributed by atoms with Gasteiger partial charge in [-0.25, -0.2) is 0 Å². The number of alkyl halides is 6. The quantitative estimate of drug-likeness (QED) is 0.493. The van der Waals surface area contributed by atoms with E-state index in [1.165, 1.54) is 0 Å². The predicted octanol–water partition coefficient (Wildman–Crippen LogP) is 3.36. The lowest BCUT2D eigenvalue weighted by molar-refractivity contribution is -0.357. The van der Waals surface area contributed by atoms with Crippen molar-refractivity contribution < 1.29 is 49.8 Å². The van der Waals surface area contributed by atoms with Crippen LogP contribution in [-0.4, -0.2) is 54.3 Å². The lowest BCUT2D eigenvalue weighted by Crippen LogP contribution is -2.42. The van der Waals surface area contributed by atoms with Gasteiger partial charge in [-0.15, -0.1) is 36.5 Å². The van der Waals surface area contributed by atoms with Crippen LogP contribution in [0.25, 0.3) is 0 Å². The maximum atomic E-state index is 12.1. The van der Waals surface area contributed by atoms with Crippen LogP contribution in [0.1, 0.15) is 43.4 Å². The number of nitrogens with one attached hydrogen (secondary N) is 1. The first kappa shape index (κ1) is 24.5. The fourth-order valence-corrected chi connectivity index (χ4v) is 3.14. The van der Waals surface area contributed by atoms with Crippen LogP contribution in [0.2, 0.25) is 0 Å². The van der Waals surface area contributed by atoms with Crippen LogP contribution in [0.4, 0.5) is 26.3 Å². The second-order valence-corrected chi connectivity index (χ2v) is 7.63. The molecule has 0 radical (unpaired) electrons. The molecule has 180 valence electrons. The first-order valence-corrected chi connectivity index (χ1v) is 9.74. The van der Waals surface area contributed by atoms with Crippen LogP contribution in [0.15, 0.2) is 16.7 Å². The summed E-state index contributed by atoms with van der Waals surface area (Å²) in [6.07, 6.45) is -9.71. The maximum absolute atomic E-state index is 12.1. The number of halogens is 6. The molecule has 2 fully saturated rings. The minimum atomic E-state index is -4.69. The van der Waals surface area contributed by atoms with Gasteiger partial charge in [0.15, 0.2) is 0 Å². The minimum absolute atomic E-state index is 0.0530. The summed E-state index contributed by atoms with van der Waals surface area (Å²) in [5.41, 5.74) is 0.341. The number of hydrogen-bond donors (Lipinski definition) is 1. The fraction of sp³-hybridized carbons (Fsp3) is 0.722. The van der Waals surface area contributed by atoms with Crippen LogP contribution in [0.3, 0.4) is 0 Å². The van der Waals surface area contributed by atoms with Crippen molar-refractivity contribution in [1.29, 1.82) is 0 Å². The van der Waals surface area contributed by atoms with Crippen LogP contribution in [0, 0.1) is 5.92 Å². The second kappa shape index (κ2) is 9.75. The van der Waals surface area contributed by atoms with Gasteiger partial charge in [-0.05, 0) is 18.8 Å². The van der Waals surface area contributed by atoms with E-state index in [1.807, 2.05) is 0 Å².